The first kappa shape index (κ1) is 18.6. The summed E-state index contributed by atoms with van der Waals surface area (Å²) in [5.74, 6) is -0.791. The van der Waals surface area contributed by atoms with Crippen LogP contribution in [0.25, 0.3) is 0 Å². The molecule has 0 fully saturated rings. The lowest BCUT2D eigenvalue weighted by Gasteiger charge is -2.10. The van der Waals surface area contributed by atoms with Crippen LogP contribution in [0.15, 0.2) is 42.5 Å². The molecule has 0 atom stereocenters. The van der Waals surface area contributed by atoms with Crippen molar-refractivity contribution in [3.63, 3.8) is 0 Å². The number of anilines is 1. The quantitative estimate of drug-likeness (QED) is 0.756. The van der Waals surface area contributed by atoms with Crippen molar-refractivity contribution in [2.45, 2.75) is 12.7 Å². The fourth-order valence-corrected chi connectivity index (χ4v) is 3.66. The van der Waals surface area contributed by atoms with E-state index < -0.39 is 16.0 Å². The fourth-order valence-electron chi connectivity index (χ4n) is 2.01. The third-order valence-electron chi connectivity index (χ3n) is 2.98. The summed E-state index contributed by atoms with van der Waals surface area (Å²) in [5.41, 5.74) is 0.996. The Hall–Kier alpha value is -1.76. The van der Waals surface area contributed by atoms with E-state index in [1.807, 2.05) is 0 Å². The molecular weight excluding hydrogens is 373 g/mol. The van der Waals surface area contributed by atoms with Gasteiger partial charge in [-0.25, -0.2) is 13.2 Å². The SMILES string of the molecule is CCOC(=O)c1ccc(NS(=O)(=O)Cc2cccc(Cl)c2)cc1Cl. The Morgan fingerprint density at radius 1 is 1.17 bits per heavy atom. The zero-order valence-corrected chi connectivity index (χ0v) is 15.1. The normalized spacial score (nSPS) is 11.1. The summed E-state index contributed by atoms with van der Waals surface area (Å²) < 4.78 is 31.7. The molecule has 0 amide bonds. The molecule has 0 aliphatic carbocycles. The number of carbonyl (C=O) groups excluding carboxylic acids is 1. The number of esters is 1. The second-order valence-electron chi connectivity index (χ2n) is 4.91. The van der Waals surface area contributed by atoms with Crippen LogP contribution in [0.1, 0.15) is 22.8 Å². The maximum atomic E-state index is 12.2. The monoisotopic (exact) mass is 387 g/mol. The van der Waals surface area contributed by atoms with Crippen molar-refractivity contribution in [2.24, 2.45) is 0 Å². The van der Waals surface area contributed by atoms with E-state index in [2.05, 4.69) is 4.72 Å². The second kappa shape index (κ2) is 7.88. The molecule has 2 rings (SSSR count). The molecule has 5 nitrogen and oxygen atoms in total. The van der Waals surface area contributed by atoms with Crippen LogP contribution < -0.4 is 4.72 Å². The minimum Gasteiger partial charge on any atom is -0.462 e. The highest BCUT2D eigenvalue weighted by atomic mass is 35.5. The van der Waals surface area contributed by atoms with Gasteiger partial charge in [-0.15, -0.1) is 0 Å². The molecule has 0 aromatic heterocycles. The van der Waals surface area contributed by atoms with Crippen molar-refractivity contribution in [1.82, 2.24) is 0 Å². The van der Waals surface area contributed by atoms with Crippen molar-refractivity contribution in [2.75, 3.05) is 11.3 Å². The Morgan fingerprint density at radius 3 is 2.54 bits per heavy atom. The molecule has 0 saturated heterocycles. The van der Waals surface area contributed by atoms with Gasteiger partial charge in [0.1, 0.15) is 0 Å². The first-order valence-corrected chi connectivity index (χ1v) is 9.43. The summed E-state index contributed by atoms with van der Waals surface area (Å²) in [6.45, 7) is 1.91. The fraction of sp³-hybridized carbons (Fsp3) is 0.188. The third-order valence-corrected chi connectivity index (χ3v) is 4.79. The highest BCUT2D eigenvalue weighted by molar-refractivity contribution is 7.91. The maximum absolute atomic E-state index is 12.2. The molecule has 0 aliphatic heterocycles. The van der Waals surface area contributed by atoms with Gasteiger partial charge in [-0.1, -0.05) is 35.3 Å². The summed E-state index contributed by atoms with van der Waals surface area (Å²) in [5, 5.41) is 0.570. The number of hydrogen-bond donors (Lipinski definition) is 1. The maximum Gasteiger partial charge on any atom is 0.339 e. The Morgan fingerprint density at radius 2 is 1.92 bits per heavy atom. The van der Waals surface area contributed by atoms with Gasteiger partial charge in [0.25, 0.3) is 0 Å². The average molecular weight is 388 g/mol. The molecule has 0 spiro atoms. The number of hydrogen-bond acceptors (Lipinski definition) is 4. The molecular formula is C16H15Cl2NO4S. The predicted molar refractivity (Wildman–Crippen MR) is 95.1 cm³/mol. The van der Waals surface area contributed by atoms with Crippen LogP contribution in [0.5, 0.6) is 0 Å². The Labute approximate surface area is 150 Å². The number of benzene rings is 2. The zero-order valence-electron chi connectivity index (χ0n) is 12.8. The van der Waals surface area contributed by atoms with Gasteiger partial charge in [-0.2, -0.15) is 0 Å². The van der Waals surface area contributed by atoms with Crippen LogP contribution >= 0.6 is 23.2 Å². The molecule has 0 unspecified atom stereocenters. The van der Waals surface area contributed by atoms with Gasteiger partial charge in [-0.05, 0) is 42.8 Å². The van der Waals surface area contributed by atoms with Crippen LogP contribution in [0.3, 0.4) is 0 Å². The highest BCUT2D eigenvalue weighted by Crippen LogP contribution is 2.23. The van der Waals surface area contributed by atoms with E-state index in [9.17, 15) is 13.2 Å². The van der Waals surface area contributed by atoms with Crippen molar-refractivity contribution in [3.8, 4) is 0 Å². The Kier molecular flexibility index (Phi) is 6.10. The van der Waals surface area contributed by atoms with E-state index in [-0.39, 0.29) is 28.6 Å². The van der Waals surface area contributed by atoms with Crippen LogP contribution in [-0.4, -0.2) is 21.0 Å². The summed E-state index contributed by atoms with van der Waals surface area (Å²) in [6, 6.07) is 10.8. The summed E-state index contributed by atoms with van der Waals surface area (Å²) in [7, 11) is -3.65. The predicted octanol–water partition coefficient (Wildman–Crippen LogP) is 4.11. The number of ether oxygens (including phenoxy) is 1. The lowest BCUT2D eigenvalue weighted by Crippen LogP contribution is -2.15. The van der Waals surface area contributed by atoms with Gasteiger partial charge in [0, 0.05) is 5.02 Å². The van der Waals surface area contributed by atoms with Gasteiger partial charge in [0.15, 0.2) is 0 Å². The Bertz CT molecular complexity index is 853. The van der Waals surface area contributed by atoms with E-state index in [4.69, 9.17) is 27.9 Å². The van der Waals surface area contributed by atoms with E-state index in [1.165, 1.54) is 18.2 Å². The minimum atomic E-state index is -3.65. The van der Waals surface area contributed by atoms with Gasteiger partial charge in [-0.3, -0.25) is 4.72 Å². The van der Waals surface area contributed by atoms with Gasteiger partial charge in [0.2, 0.25) is 10.0 Å². The number of halogens is 2. The van der Waals surface area contributed by atoms with Crippen molar-refractivity contribution < 1.29 is 17.9 Å². The van der Waals surface area contributed by atoms with Crippen LogP contribution in [0.2, 0.25) is 10.0 Å². The van der Waals surface area contributed by atoms with Crippen LogP contribution in [-0.2, 0) is 20.5 Å². The van der Waals surface area contributed by atoms with Crippen LogP contribution in [0.4, 0.5) is 5.69 Å². The van der Waals surface area contributed by atoms with E-state index in [1.54, 1.807) is 31.2 Å². The lowest BCUT2D eigenvalue weighted by molar-refractivity contribution is 0.0526. The topological polar surface area (TPSA) is 72.5 Å². The third kappa shape index (κ3) is 5.12. The van der Waals surface area contributed by atoms with Gasteiger partial charge < -0.3 is 4.74 Å². The molecule has 24 heavy (non-hydrogen) atoms. The molecule has 2 aromatic rings. The average Bonchev–Trinajstić information content (AvgIpc) is 2.46. The summed E-state index contributed by atoms with van der Waals surface area (Å²) in [6.07, 6.45) is 0. The number of carbonyl (C=O) groups is 1. The molecule has 8 heteroatoms. The first-order chi connectivity index (χ1) is 11.3. The molecule has 0 saturated carbocycles. The van der Waals surface area contributed by atoms with Gasteiger partial charge >= 0.3 is 5.97 Å². The van der Waals surface area contributed by atoms with Crippen molar-refractivity contribution >= 4 is 44.9 Å². The molecule has 1 N–H and O–H groups in total. The smallest absolute Gasteiger partial charge is 0.339 e. The summed E-state index contributed by atoms with van der Waals surface area (Å²) >= 11 is 11.9. The summed E-state index contributed by atoms with van der Waals surface area (Å²) in [4.78, 5) is 11.7. The molecule has 0 bridgehead atoms. The first-order valence-electron chi connectivity index (χ1n) is 7.02. The number of rotatable bonds is 6. The largest absolute Gasteiger partial charge is 0.462 e. The number of nitrogens with one attached hydrogen (secondary N) is 1. The molecule has 128 valence electrons. The van der Waals surface area contributed by atoms with Gasteiger partial charge in [0.05, 0.1) is 28.6 Å². The second-order valence-corrected chi connectivity index (χ2v) is 7.47. The van der Waals surface area contributed by atoms with E-state index >= 15 is 0 Å². The van der Waals surface area contributed by atoms with Crippen LogP contribution in [0, 0.1) is 0 Å². The van der Waals surface area contributed by atoms with E-state index in [0.717, 1.165) is 0 Å². The highest BCUT2D eigenvalue weighted by Gasteiger charge is 2.15. The zero-order chi connectivity index (χ0) is 17.7. The van der Waals surface area contributed by atoms with Crippen molar-refractivity contribution in [1.29, 1.82) is 0 Å². The standard InChI is InChI=1S/C16H15Cl2NO4S/c1-2-23-16(20)14-7-6-13(9-15(14)18)19-24(21,22)10-11-4-3-5-12(17)8-11/h3-9,19H,2,10H2,1H3. The molecule has 0 aliphatic rings. The van der Waals surface area contributed by atoms with E-state index in [0.29, 0.717) is 10.6 Å². The molecule has 0 heterocycles. The number of sulfonamides is 1. The van der Waals surface area contributed by atoms with Crippen molar-refractivity contribution in [3.05, 3.63) is 63.6 Å². The molecule has 0 radical (unpaired) electrons. The minimum absolute atomic E-state index is 0.108. The lowest BCUT2D eigenvalue weighted by atomic mass is 10.2. The molecule has 2 aromatic carbocycles. The Balaban J connectivity index is 2.15.